The molecule has 0 aliphatic rings. The molecule has 0 spiro atoms. The fourth-order valence-corrected chi connectivity index (χ4v) is 2.30. The number of carboxylic acid groups (broad SMARTS) is 1. The van der Waals surface area contributed by atoms with Crippen LogP contribution in [0.15, 0.2) is 24.3 Å². The van der Waals surface area contributed by atoms with Crippen LogP contribution in [0.25, 0.3) is 0 Å². The van der Waals surface area contributed by atoms with Gasteiger partial charge in [-0.1, -0.05) is 29.8 Å². The first kappa shape index (κ1) is 13.1. The van der Waals surface area contributed by atoms with Gasteiger partial charge in [0, 0.05) is 11.5 Å². The first-order valence-electron chi connectivity index (χ1n) is 5.11. The Morgan fingerprint density at radius 3 is 2.88 bits per heavy atom. The van der Waals surface area contributed by atoms with Crippen molar-refractivity contribution in [2.24, 2.45) is 0 Å². The van der Waals surface area contributed by atoms with Gasteiger partial charge in [-0.15, -0.1) is 0 Å². The molecule has 0 bridgehead atoms. The van der Waals surface area contributed by atoms with Crippen LogP contribution in [0.5, 0.6) is 0 Å². The van der Waals surface area contributed by atoms with E-state index < -0.39 is 12.1 Å². The molecule has 1 rings (SSSR count). The summed E-state index contributed by atoms with van der Waals surface area (Å²) in [5, 5.41) is 17.8. The second kappa shape index (κ2) is 6.55. The van der Waals surface area contributed by atoms with Gasteiger partial charge in [-0.3, -0.25) is 4.79 Å². The molecule has 0 aliphatic heterocycles. The Morgan fingerprint density at radius 2 is 2.25 bits per heavy atom. The number of hydrogen-bond acceptors (Lipinski definition) is 3. The van der Waals surface area contributed by atoms with Gasteiger partial charge in [-0.25, -0.2) is 0 Å². The van der Waals surface area contributed by atoms with Gasteiger partial charge in [0.05, 0.1) is 12.5 Å². The third kappa shape index (κ3) is 5.19. The number of thioether (sulfide) groups is 1. The number of carbonyl (C=O) groups is 1. The van der Waals surface area contributed by atoms with Crippen molar-refractivity contribution in [1.29, 1.82) is 0 Å². The highest BCUT2D eigenvalue weighted by Gasteiger charge is 2.09. The molecule has 0 saturated heterocycles. The third-order valence-electron chi connectivity index (χ3n) is 2.07. The maximum absolute atomic E-state index is 10.3. The SMILES string of the molecule is Cc1cccc(CSCC(O)CC(=O)O)c1. The van der Waals surface area contributed by atoms with Crippen molar-refractivity contribution >= 4 is 17.7 Å². The molecule has 0 aromatic heterocycles. The topological polar surface area (TPSA) is 57.5 Å². The van der Waals surface area contributed by atoms with Crippen LogP contribution in [0.2, 0.25) is 0 Å². The summed E-state index contributed by atoms with van der Waals surface area (Å²) in [4.78, 5) is 10.3. The molecule has 2 N–H and O–H groups in total. The van der Waals surface area contributed by atoms with Gasteiger partial charge < -0.3 is 10.2 Å². The maximum Gasteiger partial charge on any atom is 0.306 e. The molecule has 88 valence electrons. The minimum Gasteiger partial charge on any atom is -0.481 e. The molecule has 0 amide bonds. The van der Waals surface area contributed by atoms with E-state index in [0.29, 0.717) is 5.75 Å². The monoisotopic (exact) mass is 240 g/mol. The highest BCUT2D eigenvalue weighted by atomic mass is 32.2. The number of aliphatic hydroxyl groups is 1. The molecule has 0 radical (unpaired) electrons. The summed E-state index contributed by atoms with van der Waals surface area (Å²) in [6, 6.07) is 8.16. The average molecular weight is 240 g/mol. The van der Waals surface area contributed by atoms with Crippen molar-refractivity contribution in [3.63, 3.8) is 0 Å². The van der Waals surface area contributed by atoms with Crippen LogP contribution in [-0.2, 0) is 10.5 Å². The summed E-state index contributed by atoms with van der Waals surface area (Å²) in [5.41, 5.74) is 2.41. The second-order valence-corrected chi connectivity index (χ2v) is 4.79. The molecule has 3 nitrogen and oxygen atoms in total. The minimum absolute atomic E-state index is 0.180. The van der Waals surface area contributed by atoms with E-state index in [1.165, 1.54) is 11.1 Å². The molecular formula is C12H16O3S. The van der Waals surface area contributed by atoms with Gasteiger partial charge in [-0.2, -0.15) is 11.8 Å². The molecule has 1 aromatic carbocycles. The Kier molecular flexibility index (Phi) is 5.35. The molecule has 1 aromatic rings. The van der Waals surface area contributed by atoms with E-state index in [-0.39, 0.29) is 6.42 Å². The summed E-state index contributed by atoms with van der Waals surface area (Å²) < 4.78 is 0. The zero-order chi connectivity index (χ0) is 12.0. The van der Waals surface area contributed by atoms with Crippen LogP contribution in [0.3, 0.4) is 0 Å². The van der Waals surface area contributed by atoms with Gasteiger partial charge in [0.2, 0.25) is 0 Å². The van der Waals surface area contributed by atoms with E-state index in [0.717, 1.165) is 5.75 Å². The third-order valence-corrected chi connectivity index (χ3v) is 3.23. The van der Waals surface area contributed by atoms with Crippen molar-refractivity contribution < 1.29 is 15.0 Å². The normalized spacial score (nSPS) is 12.4. The fourth-order valence-electron chi connectivity index (χ4n) is 1.38. The van der Waals surface area contributed by atoms with Crippen molar-refractivity contribution in [2.45, 2.75) is 25.2 Å². The zero-order valence-electron chi connectivity index (χ0n) is 9.22. The smallest absolute Gasteiger partial charge is 0.306 e. The fraction of sp³-hybridized carbons (Fsp3) is 0.417. The van der Waals surface area contributed by atoms with E-state index >= 15 is 0 Å². The van der Waals surface area contributed by atoms with Gasteiger partial charge >= 0.3 is 5.97 Å². The highest BCUT2D eigenvalue weighted by Crippen LogP contribution is 2.15. The largest absolute Gasteiger partial charge is 0.481 e. The van der Waals surface area contributed by atoms with Gasteiger partial charge in [0.15, 0.2) is 0 Å². The van der Waals surface area contributed by atoms with Gasteiger partial charge in [0.25, 0.3) is 0 Å². The Morgan fingerprint density at radius 1 is 1.50 bits per heavy atom. The van der Waals surface area contributed by atoms with Crippen molar-refractivity contribution in [2.75, 3.05) is 5.75 Å². The van der Waals surface area contributed by atoms with E-state index in [1.54, 1.807) is 11.8 Å². The Hall–Kier alpha value is -1.00. The molecule has 0 heterocycles. The summed E-state index contributed by atoms with van der Waals surface area (Å²) in [5.74, 6) is 0.308. The van der Waals surface area contributed by atoms with E-state index in [4.69, 9.17) is 5.11 Å². The lowest BCUT2D eigenvalue weighted by molar-refractivity contribution is -0.138. The number of benzene rings is 1. The lowest BCUT2D eigenvalue weighted by atomic mass is 10.2. The second-order valence-electron chi connectivity index (χ2n) is 3.76. The van der Waals surface area contributed by atoms with E-state index in [9.17, 15) is 9.90 Å². The molecule has 1 unspecified atom stereocenters. The standard InChI is InChI=1S/C12H16O3S/c1-9-3-2-4-10(5-9)7-16-8-11(13)6-12(14)15/h2-5,11,13H,6-8H2,1H3,(H,14,15). The number of hydrogen-bond donors (Lipinski definition) is 2. The maximum atomic E-state index is 10.3. The van der Waals surface area contributed by atoms with Gasteiger partial charge in [-0.05, 0) is 12.5 Å². The van der Waals surface area contributed by atoms with Crippen LogP contribution in [-0.4, -0.2) is 28.0 Å². The molecule has 0 aliphatic carbocycles. The first-order valence-corrected chi connectivity index (χ1v) is 6.26. The summed E-state index contributed by atoms with van der Waals surface area (Å²) in [6.45, 7) is 2.04. The Bertz CT molecular complexity index is 352. The van der Waals surface area contributed by atoms with Crippen molar-refractivity contribution in [3.8, 4) is 0 Å². The van der Waals surface area contributed by atoms with E-state index in [2.05, 4.69) is 6.07 Å². The molecular weight excluding hydrogens is 224 g/mol. The number of aryl methyl sites for hydroxylation is 1. The Labute approximate surface area is 99.5 Å². The predicted molar refractivity (Wildman–Crippen MR) is 65.6 cm³/mol. The van der Waals surface area contributed by atoms with Crippen LogP contribution in [0.1, 0.15) is 17.5 Å². The van der Waals surface area contributed by atoms with E-state index in [1.807, 2.05) is 25.1 Å². The molecule has 4 heteroatoms. The Balaban J connectivity index is 2.27. The van der Waals surface area contributed by atoms with Crippen molar-refractivity contribution in [3.05, 3.63) is 35.4 Å². The molecule has 16 heavy (non-hydrogen) atoms. The lowest BCUT2D eigenvalue weighted by Crippen LogP contribution is -2.15. The zero-order valence-corrected chi connectivity index (χ0v) is 10.0. The summed E-state index contributed by atoms with van der Waals surface area (Å²) in [6.07, 6.45) is -0.937. The predicted octanol–water partition coefficient (Wildman–Crippen LogP) is 2.06. The summed E-state index contributed by atoms with van der Waals surface area (Å²) in [7, 11) is 0. The molecule has 0 fully saturated rings. The van der Waals surface area contributed by atoms with Crippen LogP contribution in [0.4, 0.5) is 0 Å². The first-order chi connectivity index (χ1) is 7.58. The minimum atomic E-state index is -0.955. The highest BCUT2D eigenvalue weighted by molar-refractivity contribution is 7.98. The number of rotatable bonds is 6. The van der Waals surface area contributed by atoms with Crippen LogP contribution < -0.4 is 0 Å². The number of carboxylic acids is 1. The lowest BCUT2D eigenvalue weighted by Gasteiger charge is -2.07. The van der Waals surface area contributed by atoms with Crippen LogP contribution >= 0.6 is 11.8 Å². The molecule has 0 saturated carbocycles. The molecule has 1 atom stereocenters. The van der Waals surface area contributed by atoms with Crippen molar-refractivity contribution in [1.82, 2.24) is 0 Å². The quantitative estimate of drug-likeness (QED) is 0.799. The van der Waals surface area contributed by atoms with Gasteiger partial charge in [0.1, 0.15) is 0 Å². The van der Waals surface area contributed by atoms with Crippen LogP contribution in [0, 0.1) is 6.92 Å². The average Bonchev–Trinajstić information content (AvgIpc) is 2.16. The number of aliphatic carboxylic acids is 1. The number of aliphatic hydroxyl groups excluding tert-OH is 1. The summed E-state index contributed by atoms with van der Waals surface area (Å²) >= 11 is 1.55.